The highest BCUT2D eigenvalue weighted by atomic mass is 16.6. The van der Waals surface area contributed by atoms with E-state index in [0.717, 1.165) is 42.4 Å². The molecule has 1 aliphatic carbocycles. The molecule has 2 heterocycles. The van der Waals surface area contributed by atoms with Gasteiger partial charge in [-0.3, -0.25) is 24.1 Å². The molecule has 2 aliphatic heterocycles. The molecule has 3 aliphatic rings. The summed E-state index contributed by atoms with van der Waals surface area (Å²) in [5.74, 6) is -0.337. The van der Waals surface area contributed by atoms with Crippen molar-refractivity contribution in [3.05, 3.63) is 65.2 Å². The molecular formula is C37H50N4O7. The maximum atomic E-state index is 14.0. The summed E-state index contributed by atoms with van der Waals surface area (Å²) in [4.78, 5) is 55.7. The Labute approximate surface area is 283 Å². The number of morpholine rings is 1. The van der Waals surface area contributed by atoms with Crippen molar-refractivity contribution in [2.45, 2.75) is 89.6 Å². The third-order valence-corrected chi connectivity index (χ3v) is 9.58. The van der Waals surface area contributed by atoms with Gasteiger partial charge in [0.15, 0.2) is 5.78 Å². The largest absolute Gasteiger partial charge is 0.489 e. The Morgan fingerprint density at radius 3 is 2.31 bits per heavy atom. The zero-order valence-corrected chi connectivity index (χ0v) is 28.4. The number of ketones is 1. The zero-order chi connectivity index (χ0) is 34.1. The van der Waals surface area contributed by atoms with E-state index in [-0.39, 0.29) is 24.7 Å². The van der Waals surface area contributed by atoms with E-state index in [1.165, 1.54) is 0 Å². The summed E-state index contributed by atoms with van der Waals surface area (Å²) in [6.07, 6.45) is 4.97. The number of hydrogen-bond donors (Lipinski definition) is 3. The van der Waals surface area contributed by atoms with Gasteiger partial charge in [-0.05, 0) is 55.9 Å². The Bertz CT molecular complexity index is 1420. The average molecular weight is 663 g/mol. The first kappa shape index (κ1) is 35.5. The molecule has 5 rings (SSSR count). The van der Waals surface area contributed by atoms with Gasteiger partial charge in [0.1, 0.15) is 30.0 Å². The molecule has 48 heavy (non-hydrogen) atoms. The molecule has 0 aromatic heterocycles. The molecule has 3 fully saturated rings. The highest BCUT2D eigenvalue weighted by molar-refractivity contribution is 5.98. The van der Waals surface area contributed by atoms with E-state index in [1.807, 2.05) is 60.4 Å². The van der Waals surface area contributed by atoms with Gasteiger partial charge in [-0.1, -0.05) is 68.1 Å². The van der Waals surface area contributed by atoms with Crippen molar-refractivity contribution in [2.24, 2.45) is 5.92 Å². The second kappa shape index (κ2) is 16.5. The normalized spacial score (nSPS) is 21.5. The van der Waals surface area contributed by atoms with Crippen LogP contribution in [0.1, 0.15) is 62.6 Å². The molecule has 11 heteroatoms. The predicted molar refractivity (Wildman–Crippen MR) is 180 cm³/mol. The third kappa shape index (κ3) is 10.1. The van der Waals surface area contributed by atoms with Gasteiger partial charge >= 0.3 is 0 Å². The standard InChI is InChI=1S/C37H50N4O7/c1-25-13-14-29(21-32(25)47-23-28-11-5-4-6-12-28)20-31(40-35(44)26(2)38-33(42)22-41-15-17-46-18-16-41)36(45)39-30(19-27-9-7-8-10-27)34(43)37(3)24-48-37/h4-6,11-14,21,26-27,30-31H,7-10,15-20,22-24H2,1-3H3,(H,38,42)(H,39,45)(H,40,44)/t26-,30-,31-,37+/m0/s1. The van der Waals surface area contributed by atoms with Crippen LogP contribution in [0, 0.1) is 12.8 Å². The molecule has 1 saturated carbocycles. The summed E-state index contributed by atoms with van der Waals surface area (Å²) in [7, 11) is 0. The fraction of sp³-hybridized carbons (Fsp3) is 0.568. The minimum absolute atomic E-state index is 0.136. The Morgan fingerprint density at radius 2 is 1.62 bits per heavy atom. The van der Waals surface area contributed by atoms with Gasteiger partial charge < -0.3 is 30.2 Å². The van der Waals surface area contributed by atoms with Crippen LogP contribution in [0.25, 0.3) is 0 Å². The summed E-state index contributed by atoms with van der Waals surface area (Å²) >= 11 is 0. The molecule has 0 spiro atoms. The van der Waals surface area contributed by atoms with Crippen LogP contribution in [0.15, 0.2) is 48.5 Å². The van der Waals surface area contributed by atoms with Crippen LogP contribution < -0.4 is 20.7 Å². The van der Waals surface area contributed by atoms with E-state index in [4.69, 9.17) is 14.2 Å². The number of carbonyl (C=O) groups is 4. The molecule has 11 nitrogen and oxygen atoms in total. The molecular weight excluding hydrogens is 612 g/mol. The minimum Gasteiger partial charge on any atom is -0.489 e. The van der Waals surface area contributed by atoms with E-state index in [1.54, 1.807) is 13.8 Å². The number of nitrogens with zero attached hydrogens (tertiary/aromatic N) is 1. The lowest BCUT2D eigenvalue weighted by molar-refractivity contribution is -0.134. The maximum absolute atomic E-state index is 14.0. The zero-order valence-electron chi connectivity index (χ0n) is 28.4. The molecule has 0 radical (unpaired) electrons. The SMILES string of the molecule is Cc1ccc(C[C@H](NC(=O)[C@H](C)NC(=O)CN2CCOCC2)C(=O)N[C@@H](CC2CCCC2)C(=O)[C@@]2(C)CO2)cc1OCc1ccccc1. The number of amides is 3. The number of aryl methyl sites for hydroxylation is 1. The Hall–Kier alpha value is -3.80. The van der Waals surface area contributed by atoms with Crippen molar-refractivity contribution < 1.29 is 33.4 Å². The molecule has 3 amide bonds. The number of ether oxygens (including phenoxy) is 3. The highest BCUT2D eigenvalue weighted by Crippen LogP contribution is 2.33. The first-order chi connectivity index (χ1) is 23.1. The quantitative estimate of drug-likeness (QED) is 0.234. The van der Waals surface area contributed by atoms with Crippen LogP contribution >= 0.6 is 0 Å². The second-order valence-electron chi connectivity index (χ2n) is 13.6. The number of rotatable bonds is 16. The van der Waals surface area contributed by atoms with Gasteiger partial charge in [0.25, 0.3) is 0 Å². The number of epoxide rings is 1. The smallest absolute Gasteiger partial charge is 0.243 e. The number of Topliss-reactive ketones (excluding diaryl/α,β-unsaturated/α-hetero) is 1. The van der Waals surface area contributed by atoms with E-state index < -0.39 is 35.5 Å². The van der Waals surface area contributed by atoms with E-state index in [9.17, 15) is 19.2 Å². The molecule has 4 atom stereocenters. The van der Waals surface area contributed by atoms with E-state index in [2.05, 4.69) is 16.0 Å². The predicted octanol–water partition coefficient (Wildman–Crippen LogP) is 2.86. The summed E-state index contributed by atoms with van der Waals surface area (Å²) in [5, 5.41) is 8.64. The van der Waals surface area contributed by atoms with Crippen LogP contribution in [0.5, 0.6) is 5.75 Å². The van der Waals surface area contributed by atoms with E-state index in [0.29, 0.717) is 57.6 Å². The number of nitrogens with one attached hydrogen (secondary N) is 3. The number of carbonyl (C=O) groups excluding carboxylic acids is 4. The lowest BCUT2D eigenvalue weighted by Gasteiger charge is -2.27. The van der Waals surface area contributed by atoms with Gasteiger partial charge in [-0.2, -0.15) is 0 Å². The van der Waals surface area contributed by atoms with Gasteiger partial charge in [0.05, 0.1) is 32.4 Å². The minimum atomic E-state index is -1.01. The monoisotopic (exact) mass is 662 g/mol. The van der Waals surface area contributed by atoms with Crippen molar-refractivity contribution in [3.8, 4) is 5.75 Å². The summed E-state index contributed by atoms with van der Waals surface area (Å²) < 4.78 is 17.0. The summed E-state index contributed by atoms with van der Waals surface area (Å²) in [6, 6.07) is 13.0. The maximum Gasteiger partial charge on any atom is 0.243 e. The van der Waals surface area contributed by atoms with Crippen molar-refractivity contribution in [1.29, 1.82) is 0 Å². The van der Waals surface area contributed by atoms with Crippen LogP contribution in [-0.2, 0) is 41.7 Å². The first-order valence-corrected chi connectivity index (χ1v) is 17.2. The van der Waals surface area contributed by atoms with Crippen LogP contribution in [0.3, 0.4) is 0 Å². The van der Waals surface area contributed by atoms with E-state index >= 15 is 0 Å². The molecule has 2 aromatic carbocycles. The second-order valence-corrected chi connectivity index (χ2v) is 13.6. The summed E-state index contributed by atoms with van der Waals surface area (Å²) in [6.45, 7) is 8.61. The Balaban J connectivity index is 1.30. The molecule has 2 saturated heterocycles. The number of hydrogen-bond acceptors (Lipinski definition) is 8. The van der Waals surface area contributed by atoms with Gasteiger partial charge in [0.2, 0.25) is 17.7 Å². The third-order valence-electron chi connectivity index (χ3n) is 9.58. The highest BCUT2D eigenvalue weighted by Gasteiger charge is 2.50. The number of benzene rings is 2. The summed E-state index contributed by atoms with van der Waals surface area (Å²) in [5.41, 5.74) is 1.86. The molecule has 260 valence electrons. The van der Waals surface area contributed by atoms with Crippen molar-refractivity contribution in [1.82, 2.24) is 20.9 Å². The van der Waals surface area contributed by atoms with Gasteiger partial charge in [-0.15, -0.1) is 0 Å². The van der Waals surface area contributed by atoms with Crippen LogP contribution in [0.4, 0.5) is 0 Å². The van der Waals surface area contributed by atoms with Crippen molar-refractivity contribution >= 4 is 23.5 Å². The lowest BCUT2D eigenvalue weighted by atomic mass is 9.90. The molecule has 2 aromatic rings. The molecule has 3 N–H and O–H groups in total. The Morgan fingerprint density at radius 1 is 0.938 bits per heavy atom. The topological polar surface area (TPSA) is 139 Å². The van der Waals surface area contributed by atoms with Gasteiger partial charge in [-0.25, -0.2) is 0 Å². The molecule has 0 unspecified atom stereocenters. The Kier molecular flexibility index (Phi) is 12.2. The van der Waals surface area contributed by atoms with Crippen LogP contribution in [0.2, 0.25) is 0 Å². The average Bonchev–Trinajstić information content (AvgIpc) is 3.62. The van der Waals surface area contributed by atoms with Crippen molar-refractivity contribution in [3.63, 3.8) is 0 Å². The fourth-order valence-corrected chi connectivity index (χ4v) is 6.42. The van der Waals surface area contributed by atoms with Gasteiger partial charge in [0, 0.05) is 19.5 Å². The fourth-order valence-electron chi connectivity index (χ4n) is 6.42. The van der Waals surface area contributed by atoms with Crippen molar-refractivity contribution in [2.75, 3.05) is 39.5 Å². The lowest BCUT2D eigenvalue weighted by Crippen LogP contribution is -2.57. The van der Waals surface area contributed by atoms with Crippen LogP contribution in [-0.4, -0.2) is 91.6 Å². The first-order valence-electron chi connectivity index (χ1n) is 17.2. The molecule has 0 bridgehead atoms.